The SMILES string of the molecule is COc1ccc(C(=O)C2Cc3cc(C)n(CCN4CCOCC4)c3S2)cc1Cl. The quantitative estimate of drug-likeness (QED) is 0.667. The molecule has 0 saturated carbocycles. The Balaban J connectivity index is 1.45. The Kier molecular flexibility index (Phi) is 6.01. The van der Waals surface area contributed by atoms with E-state index in [0.29, 0.717) is 16.3 Å². The van der Waals surface area contributed by atoms with E-state index in [-0.39, 0.29) is 11.0 Å². The summed E-state index contributed by atoms with van der Waals surface area (Å²) in [5, 5.41) is 1.62. The number of ketones is 1. The van der Waals surface area contributed by atoms with Crippen LogP contribution in [0.4, 0.5) is 0 Å². The number of hydrogen-bond donors (Lipinski definition) is 0. The van der Waals surface area contributed by atoms with E-state index in [9.17, 15) is 4.79 Å². The van der Waals surface area contributed by atoms with Crippen molar-refractivity contribution in [3.05, 3.63) is 46.1 Å². The number of Topliss-reactive ketones (excluding diaryl/α,β-unsaturated/α-hetero) is 1. The summed E-state index contributed by atoms with van der Waals surface area (Å²) in [6, 6.07) is 7.50. The molecule has 1 unspecified atom stereocenters. The molecule has 3 heterocycles. The van der Waals surface area contributed by atoms with Gasteiger partial charge in [-0.25, -0.2) is 0 Å². The molecule has 28 heavy (non-hydrogen) atoms. The maximum absolute atomic E-state index is 13.0. The van der Waals surface area contributed by atoms with Crippen LogP contribution in [-0.4, -0.2) is 60.5 Å². The summed E-state index contributed by atoms with van der Waals surface area (Å²) in [5.41, 5.74) is 3.19. The van der Waals surface area contributed by atoms with Gasteiger partial charge in [0.25, 0.3) is 0 Å². The van der Waals surface area contributed by atoms with E-state index in [1.807, 2.05) is 0 Å². The van der Waals surface area contributed by atoms with E-state index in [2.05, 4.69) is 22.5 Å². The molecular formula is C21H25ClN2O3S. The van der Waals surface area contributed by atoms with Crippen molar-refractivity contribution in [1.29, 1.82) is 0 Å². The Morgan fingerprint density at radius 3 is 2.79 bits per heavy atom. The average molecular weight is 421 g/mol. The first-order valence-electron chi connectivity index (χ1n) is 9.60. The van der Waals surface area contributed by atoms with Crippen LogP contribution in [0.3, 0.4) is 0 Å². The number of carbonyl (C=O) groups is 1. The normalized spacial score (nSPS) is 19.6. The molecule has 1 saturated heterocycles. The highest BCUT2D eigenvalue weighted by Gasteiger charge is 2.32. The summed E-state index contributed by atoms with van der Waals surface area (Å²) in [7, 11) is 1.57. The molecule has 5 nitrogen and oxygen atoms in total. The highest BCUT2D eigenvalue weighted by molar-refractivity contribution is 8.01. The van der Waals surface area contributed by atoms with Gasteiger partial charge in [-0.15, -0.1) is 0 Å². The number of thioether (sulfide) groups is 1. The van der Waals surface area contributed by atoms with Crippen LogP contribution in [0.5, 0.6) is 5.75 Å². The average Bonchev–Trinajstić information content (AvgIpc) is 3.23. The Labute approximate surface area is 174 Å². The molecule has 0 aliphatic carbocycles. The molecule has 7 heteroatoms. The molecule has 1 aromatic heterocycles. The van der Waals surface area contributed by atoms with Gasteiger partial charge < -0.3 is 14.0 Å². The van der Waals surface area contributed by atoms with Gasteiger partial charge in [0.1, 0.15) is 5.75 Å². The lowest BCUT2D eigenvalue weighted by Gasteiger charge is -2.27. The smallest absolute Gasteiger partial charge is 0.176 e. The maximum Gasteiger partial charge on any atom is 0.176 e. The molecule has 1 aromatic carbocycles. The third-order valence-corrected chi connectivity index (χ3v) is 7.13. The standard InChI is InChI=1S/C21H25ClN2O3S/c1-14-11-16-13-19(20(25)15-3-4-18(26-2)17(22)12-15)28-21(16)24(14)6-5-23-7-9-27-10-8-23/h3-4,11-12,19H,5-10,13H2,1-2H3. The molecule has 2 aromatic rings. The molecule has 2 aliphatic heterocycles. The maximum atomic E-state index is 13.0. The highest BCUT2D eigenvalue weighted by atomic mass is 35.5. The first-order valence-corrected chi connectivity index (χ1v) is 10.9. The number of aryl methyl sites for hydroxylation is 1. The van der Waals surface area contributed by atoms with E-state index < -0.39 is 0 Å². The van der Waals surface area contributed by atoms with Crippen molar-refractivity contribution in [2.45, 2.75) is 30.2 Å². The van der Waals surface area contributed by atoms with E-state index in [1.54, 1.807) is 37.1 Å². The van der Waals surface area contributed by atoms with Gasteiger partial charge in [-0.2, -0.15) is 0 Å². The Bertz CT molecular complexity index is 877. The molecule has 2 aliphatic rings. The second kappa shape index (κ2) is 8.49. The molecule has 1 atom stereocenters. The van der Waals surface area contributed by atoms with E-state index >= 15 is 0 Å². The zero-order chi connectivity index (χ0) is 19.7. The lowest BCUT2D eigenvalue weighted by Crippen LogP contribution is -2.38. The number of fused-ring (bicyclic) bond motifs is 1. The third kappa shape index (κ3) is 3.96. The largest absolute Gasteiger partial charge is 0.495 e. The van der Waals surface area contributed by atoms with Crippen molar-refractivity contribution in [2.75, 3.05) is 40.0 Å². The minimum Gasteiger partial charge on any atom is -0.495 e. The van der Waals surface area contributed by atoms with Gasteiger partial charge in [-0.05, 0) is 43.2 Å². The molecule has 150 valence electrons. The number of aromatic nitrogens is 1. The van der Waals surface area contributed by atoms with Crippen LogP contribution in [0.1, 0.15) is 21.6 Å². The second-order valence-electron chi connectivity index (χ2n) is 7.25. The summed E-state index contributed by atoms with van der Waals surface area (Å²) in [4.78, 5) is 15.5. The Morgan fingerprint density at radius 2 is 2.07 bits per heavy atom. The van der Waals surface area contributed by atoms with Gasteiger partial charge >= 0.3 is 0 Å². The molecule has 0 amide bonds. The fourth-order valence-electron chi connectivity index (χ4n) is 3.88. The van der Waals surface area contributed by atoms with Crippen LogP contribution in [0.2, 0.25) is 5.02 Å². The van der Waals surface area contributed by atoms with Crippen LogP contribution in [0.15, 0.2) is 29.3 Å². The highest BCUT2D eigenvalue weighted by Crippen LogP contribution is 2.41. The van der Waals surface area contributed by atoms with E-state index in [0.717, 1.165) is 45.8 Å². The lowest BCUT2D eigenvalue weighted by atomic mass is 10.0. The van der Waals surface area contributed by atoms with Crippen LogP contribution in [0.25, 0.3) is 0 Å². The van der Waals surface area contributed by atoms with Crippen LogP contribution in [0, 0.1) is 6.92 Å². The number of morpholine rings is 1. The molecule has 0 spiro atoms. The fourth-order valence-corrected chi connectivity index (χ4v) is 5.57. The lowest BCUT2D eigenvalue weighted by molar-refractivity contribution is 0.0361. The van der Waals surface area contributed by atoms with Gasteiger partial charge in [-0.1, -0.05) is 23.4 Å². The number of carbonyl (C=O) groups excluding carboxylic acids is 1. The Morgan fingerprint density at radius 1 is 1.29 bits per heavy atom. The number of ether oxygens (including phenoxy) is 2. The summed E-state index contributed by atoms with van der Waals surface area (Å²) < 4.78 is 13.0. The predicted molar refractivity (Wildman–Crippen MR) is 112 cm³/mol. The van der Waals surface area contributed by atoms with Crippen molar-refractivity contribution in [1.82, 2.24) is 9.47 Å². The van der Waals surface area contributed by atoms with Gasteiger partial charge in [0, 0.05) is 37.4 Å². The van der Waals surface area contributed by atoms with Gasteiger partial charge in [0.15, 0.2) is 5.78 Å². The van der Waals surface area contributed by atoms with Crippen LogP contribution in [-0.2, 0) is 17.7 Å². The number of halogens is 1. The summed E-state index contributed by atoms with van der Waals surface area (Å²) in [6.45, 7) is 7.74. The van der Waals surface area contributed by atoms with Crippen molar-refractivity contribution in [3.63, 3.8) is 0 Å². The monoisotopic (exact) mass is 420 g/mol. The van der Waals surface area contributed by atoms with Crippen molar-refractivity contribution in [3.8, 4) is 5.75 Å². The predicted octanol–water partition coefficient (Wildman–Crippen LogP) is 3.69. The summed E-state index contributed by atoms with van der Waals surface area (Å²) >= 11 is 7.89. The molecule has 4 rings (SSSR count). The summed E-state index contributed by atoms with van der Waals surface area (Å²) in [6.07, 6.45) is 0.772. The van der Waals surface area contributed by atoms with Crippen LogP contribution >= 0.6 is 23.4 Å². The number of benzene rings is 1. The van der Waals surface area contributed by atoms with Crippen molar-refractivity contribution >= 4 is 29.1 Å². The minimum absolute atomic E-state index is 0.0929. The topological polar surface area (TPSA) is 43.7 Å². The van der Waals surface area contributed by atoms with E-state index in [1.165, 1.54) is 16.3 Å². The number of hydrogen-bond acceptors (Lipinski definition) is 5. The van der Waals surface area contributed by atoms with E-state index in [4.69, 9.17) is 21.1 Å². The molecule has 0 bridgehead atoms. The van der Waals surface area contributed by atoms with Gasteiger partial charge in [0.05, 0.1) is 35.6 Å². The zero-order valence-corrected chi connectivity index (χ0v) is 17.8. The van der Waals surface area contributed by atoms with Crippen molar-refractivity contribution < 1.29 is 14.3 Å². The molecule has 1 fully saturated rings. The number of rotatable bonds is 6. The third-order valence-electron chi connectivity index (χ3n) is 5.46. The number of methoxy groups -OCH3 is 1. The molecule has 0 N–H and O–H groups in total. The fraction of sp³-hybridized carbons (Fsp3) is 0.476. The van der Waals surface area contributed by atoms with Gasteiger partial charge in [0.2, 0.25) is 0 Å². The van der Waals surface area contributed by atoms with Crippen LogP contribution < -0.4 is 4.74 Å². The van der Waals surface area contributed by atoms with Gasteiger partial charge in [-0.3, -0.25) is 9.69 Å². The van der Waals surface area contributed by atoms with Crippen molar-refractivity contribution in [2.24, 2.45) is 0 Å². The summed E-state index contributed by atoms with van der Waals surface area (Å²) in [5.74, 6) is 0.717. The Hall–Kier alpha value is -1.47. The first-order chi connectivity index (χ1) is 13.6. The first kappa shape index (κ1) is 19.8. The minimum atomic E-state index is -0.0929. The molecule has 0 radical (unpaired) electrons. The number of nitrogens with zero attached hydrogens (tertiary/aromatic N) is 2. The second-order valence-corrected chi connectivity index (χ2v) is 8.84. The zero-order valence-electron chi connectivity index (χ0n) is 16.2. The molecular weight excluding hydrogens is 396 g/mol.